The minimum atomic E-state index is -1.32. The lowest BCUT2D eigenvalue weighted by Crippen LogP contribution is -2.27. The van der Waals surface area contributed by atoms with E-state index in [4.69, 9.17) is 19.9 Å². The maximum atomic E-state index is 12.9. The molecule has 2 aromatic carbocycles. The maximum Gasteiger partial charge on any atom is 0.347 e. The highest BCUT2D eigenvalue weighted by atomic mass is 16.6. The van der Waals surface area contributed by atoms with Crippen LogP contribution in [0, 0.1) is 13.8 Å². The first-order valence-corrected chi connectivity index (χ1v) is 8.76. The molecule has 0 fully saturated rings. The first-order chi connectivity index (χ1) is 13.7. The van der Waals surface area contributed by atoms with Crippen molar-refractivity contribution in [2.24, 2.45) is 5.73 Å². The van der Waals surface area contributed by atoms with Crippen LogP contribution in [0.4, 0.5) is 0 Å². The van der Waals surface area contributed by atoms with Gasteiger partial charge in [-0.3, -0.25) is 0 Å². The average Bonchev–Trinajstić information content (AvgIpc) is 2.82. The number of aromatic carboxylic acids is 1. The van der Waals surface area contributed by atoms with Gasteiger partial charge in [-0.25, -0.2) is 9.59 Å². The molecule has 1 aliphatic rings. The van der Waals surface area contributed by atoms with Crippen LogP contribution >= 0.6 is 0 Å². The predicted molar refractivity (Wildman–Crippen MR) is 101 cm³/mol. The Morgan fingerprint density at radius 1 is 1.21 bits per heavy atom. The Kier molecular flexibility index (Phi) is 5.36. The average molecular weight is 403 g/mol. The number of carboxylic acid groups (broad SMARTS) is 1. The van der Waals surface area contributed by atoms with Gasteiger partial charge in [0.2, 0.25) is 0 Å². The number of esters is 1. The van der Waals surface area contributed by atoms with Gasteiger partial charge in [0.25, 0.3) is 0 Å². The summed E-state index contributed by atoms with van der Waals surface area (Å²) < 4.78 is 16.6. The van der Waals surface area contributed by atoms with E-state index in [2.05, 4.69) is 0 Å². The number of carbonyl (C=O) groups excluding carboxylic acids is 1. The molecule has 29 heavy (non-hydrogen) atoms. The number of hydrogen-bond acceptors (Lipinski definition) is 8. The molecule has 0 radical (unpaired) electrons. The molecule has 0 saturated heterocycles. The Balaban J connectivity index is 2.33. The summed E-state index contributed by atoms with van der Waals surface area (Å²) in [6, 6.07) is 1.90. The summed E-state index contributed by atoms with van der Waals surface area (Å²) in [6.45, 7) is 2.82. The van der Waals surface area contributed by atoms with Crippen molar-refractivity contribution in [3.8, 4) is 28.7 Å². The summed E-state index contributed by atoms with van der Waals surface area (Å²) in [4.78, 5) is 24.7. The number of carboxylic acids is 1. The van der Waals surface area contributed by atoms with E-state index >= 15 is 0 Å². The lowest BCUT2D eigenvalue weighted by Gasteiger charge is -2.18. The number of benzene rings is 2. The molecule has 0 amide bonds. The number of methoxy groups -OCH3 is 1. The smallest absolute Gasteiger partial charge is 0.347 e. The SMILES string of the molecule is COc1cc(C(=O)O)c2c(c1C)OC(=O)c1c(C)cc(O)c(CC(N)CO)c1O2. The highest BCUT2D eigenvalue weighted by Gasteiger charge is 2.34. The van der Waals surface area contributed by atoms with Gasteiger partial charge >= 0.3 is 11.9 Å². The fourth-order valence-corrected chi connectivity index (χ4v) is 3.25. The number of hydrogen-bond donors (Lipinski definition) is 4. The number of aryl methyl sites for hydroxylation is 1. The number of rotatable bonds is 5. The number of aliphatic hydroxyl groups is 1. The molecule has 154 valence electrons. The van der Waals surface area contributed by atoms with Gasteiger partial charge in [-0.05, 0) is 38.0 Å². The van der Waals surface area contributed by atoms with Crippen LogP contribution in [0.25, 0.3) is 0 Å². The van der Waals surface area contributed by atoms with Crippen molar-refractivity contribution in [1.82, 2.24) is 0 Å². The second-order valence-electron chi connectivity index (χ2n) is 6.75. The van der Waals surface area contributed by atoms with Gasteiger partial charge in [-0.1, -0.05) is 0 Å². The molecule has 0 aliphatic carbocycles. The van der Waals surface area contributed by atoms with E-state index in [-0.39, 0.29) is 58.5 Å². The van der Waals surface area contributed by atoms with Crippen LogP contribution in [0.1, 0.15) is 37.4 Å². The quantitative estimate of drug-likeness (QED) is 0.434. The molecule has 1 atom stereocenters. The van der Waals surface area contributed by atoms with Crippen molar-refractivity contribution in [3.05, 3.63) is 39.9 Å². The predicted octanol–water partition coefficient (Wildman–Crippen LogP) is 1.90. The third-order valence-electron chi connectivity index (χ3n) is 4.75. The van der Waals surface area contributed by atoms with Crippen molar-refractivity contribution >= 4 is 11.9 Å². The standard InChI is InChI=1S/C20H21NO8/c1-8-4-13(23)11(5-10(21)7-22)17-15(8)20(26)29-16-9(2)14(27-3)6-12(19(24)25)18(16)28-17/h4,6,10,22-23H,5,7,21H2,1-3H3,(H,24,25). The van der Waals surface area contributed by atoms with Crippen LogP contribution in [-0.4, -0.2) is 47.0 Å². The number of aliphatic hydroxyl groups excluding tert-OH is 1. The molecule has 1 aliphatic heterocycles. The highest BCUT2D eigenvalue weighted by molar-refractivity contribution is 6.00. The van der Waals surface area contributed by atoms with E-state index < -0.39 is 18.0 Å². The lowest BCUT2D eigenvalue weighted by molar-refractivity contribution is 0.0685. The van der Waals surface area contributed by atoms with Gasteiger partial charge in [-0.2, -0.15) is 0 Å². The van der Waals surface area contributed by atoms with Gasteiger partial charge in [0.05, 0.1) is 13.7 Å². The monoisotopic (exact) mass is 403 g/mol. The largest absolute Gasteiger partial charge is 0.508 e. The molecule has 3 rings (SSSR count). The maximum absolute atomic E-state index is 12.9. The second kappa shape index (κ2) is 7.61. The Hall–Kier alpha value is -3.30. The first kappa shape index (κ1) is 20.4. The summed E-state index contributed by atoms with van der Waals surface area (Å²) in [6.07, 6.45) is -0.00883. The minimum Gasteiger partial charge on any atom is -0.508 e. The lowest BCUT2D eigenvalue weighted by atomic mass is 9.97. The molecule has 9 heteroatoms. The summed E-state index contributed by atoms with van der Waals surface area (Å²) in [5.74, 6) is -2.39. The van der Waals surface area contributed by atoms with Crippen LogP contribution in [-0.2, 0) is 6.42 Å². The Bertz CT molecular complexity index is 1010. The van der Waals surface area contributed by atoms with E-state index in [1.54, 1.807) is 13.8 Å². The summed E-state index contributed by atoms with van der Waals surface area (Å²) in [5, 5.41) is 29.4. The molecule has 5 N–H and O–H groups in total. The zero-order valence-corrected chi connectivity index (χ0v) is 16.1. The van der Waals surface area contributed by atoms with Crippen LogP contribution in [0.15, 0.2) is 12.1 Å². The van der Waals surface area contributed by atoms with Crippen LogP contribution in [0.2, 0.25) is 0 Å². The van der Waals surface area contributed by atoms with Crippen molar-refractivity contribution in [1.29, 1.82) is 0 Å². The number of carbonyl (C=O) groups is 2. The Labute approximate surface area is 166 Å². The normalized spacial score (nSPS) is 13.5. The zero-order chi connectivity index (χ0) is 21.5. The molecule has 1 heterocycles. The number of phenolic OH excluding ortho intramolecular Hbond substituents is 1. The molecule has 1 unspecified atom stereocenters. The fraction of sp³-hybridized carbons (Fsp3) is 0.300. The van der Waals surface area contributed by atoms with E-state index in [1.165, 1.54) is 19.2 Å². The van der Waals surface area contributed by atoms with Crippen molar-refractivity contribution in [3.63, 3.8) is 0 Å². The van der Waals surface area contributed by atoms with Crippen LogP contribution < -0.4 is 19.9 Å². The number of aromatic hydroxyl groups is 1. The van der Waals surface area contributed by atoms with E-state index in [0.717, 1.165) is 0 Å². The summed E-state index contributed by atoms with van der Waals surface area (Å²) in [5.41, 5.74) is 6.49. The van der Waals surface area contributed by atoms with Gasteiger partial charge in [-0.15, -0.1) is 0 Å². The van der Waals surface area contributed by atoms with Gasteiger partial charge in [0.15, 0.2) is 11.5 Å². The minimum absolute atomic E-state index is 0.00883. The van der Waals surface area contributed by atoms with E-state index in [0.29, 0.717) is 11.1 Å². The molecule has 0 spiro atoms. The molecule has 0 saturated carbocycles. The van der Waals surface area contributed by atoms with Crippen LogP contribution in [0.5, 0.6) is 28.7 Å². The molecule has 9 nitrogen and oxygen atoms in total. The Morgan fingerprint density at radius 3 is 2.48 bits per heavy atom. The third kappa shape index (κ3) is 3.45. The van der Waals surface area contributed by atoms with Crippen LogP contribution in [0.3, 0.4) is 0 Å². The van der Waals surface area contributed by atoms with Gasteiger partial charge < -0.3 is 35.3 Å². The molecular formula is C20H21NO8. The first-order valence-electron chi connectivity index (χ1n) is 8.76. The second-order valence-corrected chi connectivity index (χ2v) is 6.75. The number of ether oxygens (including phenoxy) is 3. The number of phenols is 1. The topological polar surface area (TPSA) is 149 Å². The zero-order valence-electron chi connectivity index (χ0n) is 16.1. The molecular weight excluding hydrogens is 382 g/mol. The van der Waals surface area contributed by atoms with E-state index in [1.807, 2.05) is 0 Å². The van der Waals surface area contributed by atoms with Gasteiger partial charge in [0, 0.05) is 17.2 Å². The Morgan fingerprint density at radius 2 is 1.90 bits per heavy atom. The van der Waals surface area contributed by atoms with Crippen molar-refractivity contribution in [2.45, 2.75) is 26.3 Å². The molecule has 0 bridgehead atoms. The van der Waals surface area contributed by atoms with E-state index in [9.17, 15) is 24.9 Å². The number of nitrogens with two attached hydrogens (primary N) is 1. The fourth-order valence-electron chi connectivity index (χ4n) is 3.25. The molecule has 0 aromatic heterocycles. The highest BCUT2D eigenvalue weighted by Crippen LogP contribution is 2.48. The van der Waals surface area contributed by atoms with Crippen molar-refractivity contribution < 1.29 is 39.1 Å². The summed E-state index contributed by atoms with van der Waals surface area (Å²) >= 11 is 0. The summed E-state index contributed by atoms with van der Waals surface area (Å²) in [7, 11) is 1.37. The van der Waals surface area contributed by atoms with Gasteiger partial charge in [0.1, 0.15) is 28.4 Å². The number of fused-ring (bicyclic) bond motifs is 2. The molecule has 2 aromatic rings. The third-order valence-corrected chi connectivity index (χ3v) is 4.75. The van der Waals surface area contributed by atoms with Crippen molar-refractivity contribution in [2.75, 3.05) is 13.7 Å².